The van der Waals surface area contributed by atoms with E-state index >= 15 is 0 Å². The molecule has 0 aromatic heterocycles. The standard InChI is InChI=1S/C8H15BrN2O2/c1-3-4-11(8(13)5-9)6-7(12)10-2/h3-6H2,1-2H3,(H,10,12). The molecule has 0 aliphatic rings. The monoisotopic (exact) mass is 250 g/mol. The molecule has 0 unspecified atom stereocenters. The Kier molecular flexibility index (Phi) is 6.58. The number of likely N-dealkylation sites (N-methyl/N-ethyl adjacent to an activating group) is 1. The van der Waals surface area contributed by atoms with E-state index in [4.69, 9.17) is 0 Å². The smallest absolute Gasteiger partial charge is 0.239 e. The molecule has 76 valence electrons. The van der Waals surface area contributed by atoms with E-state index in [0.29, 0.717) is 6.54 Å². The number of nitrogens with one attached hydrogen (secondary N) is 1. The molecule has 1 N–H and O–H groups in total. The van der Waals surface area contributed by atoms with Crippen LogP contribution in [0.1, 0.15) is 13.3 Å². The fraction of sp³-hybridized carbons (Fsp3) is 0.750. The molecule has 0 fully saturated rings. The highest BCUT2D eigenvalue weighted by molar-refractivity contribution is 9.09. The van der Waals surface area contributed by atoms with Crippen molar-refractivity contribution in [3.05, 3.63) is 0 Å². The molecule has 0 aliphatic heterocycles. The van der Waals surface area contributed by atoms with E-state index in [0.717, 1.165) is 6.42 Å². The molecular weight excluding hydrogens is 236 g/mol. The number of amides is 2. The number of carbonyl (C=O) groups excluding carboxylic acids is 2. The lowest BCUT2D eigenvalue weighted by atomic mass is 10.4. The van der Waals surface area contributed by atoms with Crippen molar-refractivity contribution in [3.8, 4) is 0 Å². The van der Waals surface area contributed by atoms with E-state index in [1.807, 2.05) is 6.92 Å². The summed E-state index contributed by atoms with van der Waals surface area (Å²) in [6, 6.07) is 0. The number of nitrogens with zero attached hydrogens (tertiary/aromatic N) is 1. The van der Waals surface area contributed by atoms with Crippen molar-refractivity contribution in [1.29, 1.82) is 0 Å². The zero-order valence-electron chi connectivity index (χ0n) is 7.97. The molecule has 0 aliphatic carbocycles. The van der Waals surface area contributed by atoms with Crippen LogP contribution in [0, 0.1) is 0 Å². The summed E-state index contributed by atoms with van der Waals surface area (Å²) >= 11 is 3.07. The zero-order chi connectivity index (χ0) is 10.3. The molecule has 0 radical (unpaired) electrons. The molecule has 2 amide bonds. The first-order valence-electron chi connectivity index (χ1n) is 4.20. The summed E-state index contributed by atoms with van der Waals surface area (Å²) < 4.78 is 0. The summed E-state index contributed by atoms with van der Waals surface area (Å²) in [5.74, 6) is -0.187. The van der Waals surface area contributed by atoms with Crippen LogP contribution in [0.2, 0.25) is 0 Å². The summed E-state index contributed by atoms with van der Waals surface area (Å²) in [7, 11) is 1.56. The summed E-state index contributed by atoms with van der Waals surface area (Å²) in [4.78, 5) is 23.8. The summed E-state index contributed by atoms with van der Waals surface area (Å²) in [5.41, 5.74) is 0. The highest BCUT2D eigenvalue weighted by Gasteiger charge is 2.13. The summed E-state index contributed by atoms with van der Waals surface area (Å²) in [6.07, 6.45) is 0.857. The Morgan fingerprint density at radius 3 is 2.46 bits per heavy atom. The number of hydrogen-bond donors (Lipinski definition) is 1. The second-order valence-corrected chi connectivity index (χ2v) is 3.18. The van der Waals surface area contributed by atoms with Crippen LogP contribution >= 0.6 is 15.9 Å². The van der Waals surface area contributed by atoms with Crippen molar-refractivity contribution in [1.82, 2.24) is 10.2 Å². The van der Waals surface area contributed by atoms with Crippen molar-refractivity contribution >= 4 is 27.7 Å². The fourth-order valence-electron chi connectivity index (χ4n) is 0.899. The first kappa shape index (κ1) is 12.4. The SMILES string of the molecule is CCCN(CC(=O)NC)C(=O)CBr. The Balaban J connectivity index is 4.08. The Bertz CT molecular complexity index is 185. The molecular formula is C8H15BrN2O2. The van der Waals surface area contributed by atoms with Gasteiger partial charge >= 0.3 is 0 Å². The number of alkyl halides is 1. The van der Waals surface area contributed by atoms with Gasteiger partial charge in [-0.25, -0.2) is 0 Å². The first-order valence-corrected chi connectivity index (χ1v) is 5.32. The Labute approximate surface area is 86.8 Å². The highest BCUT2D eigenvalue weighted by atomic mass is 79.9. The maximum Gasteiger partial charge on any atom is 0.239 e. The molecule has 0 aromatic carbocycles. The van der Waals surface area contributed by atoms with Crippen LogP contribution in [0.4, 0.5) is 0 Å². The second kappa shape index (κ2) is 6.88. The normalized spacial score (nSPS) is 9.46. The van der Waals surface area contributed by atoms with Gasteiger partial charge in [0.2, 0.25) is 11.8 Å². The van der Waals surface area contributed by atoms with Gasteiger partial charge in [-0.3, -0.25) is 9.59 Å². The number of hydrogen-bond acceptors (Lipinski definition) is 2. The van der Waals surface area contributed by atoms with Crippen LogP contribution in [-0.2, 0) is 9.59 Å². The Morgan fingerprint density at radius 1 is 1.46 bits per heavy atom. The third kappa shape index (κ3) is 4.87. The van der Waals surface area contributed by atoms with Crippen LogP contribution in [-0.4, -0.2) is 42.2 Å². The van der Waals surface area contributed by atoms with Gasteiger partial charge in [-0.1, -0.05) is 22.9 Å². The number of rotatable bonds is 5. The fourth-order valence-corrected chi connectivity index (χ4v) is 1.25. The van der Waals surface area contributed by atoms with Crippen molar-refractivity contribution in [3.63, 3.8) is 0 Å². The molecule has 13 heavy (non-hydrogen) atoms. The van der Waals surface area contributed by atoms with Gasteiger partial charge in [0, 0.05) is 13.6 Å². The number of carbonyl (C=O) groups is 2. The largest absolute Gasteiger partial charge is 0.358 e. The van der Waals surface area contributed by atoms with E-state index in [2.05, 4.69) is 21.2 Å². The Morgan fingerprint density at radius 2 is 2.08 bits per heavy atom. The van der Waals surface area contributed by atoms with E-state index < -0.39 is 0 Å². The lowest BCUT2D eigenvalue weighted by Crippen LogP contribution is -2.40. The maximum absolute atomic E-state index is 11.3. The molecule has 0 saturated carbocycles. The van der Waals surface area contributed by atoms with E-state index in [-0.39, 0.29) is 23.7 Å². The average Bonchev–Trinajstić information content (AvgIpc) is 2.15. The third-order valence-corrected chi connectivity index (χ3v) is 2.05. The van der Waals surface area contributed by atoms with Gasteiger partial charge in [-0.2, -0.15) is 0 Å². The van der Waals surface area contributed by atoms with Gasteiger partial charge in [0.25, 0.3) is 0 Å². The molecule has 5 heteroatoms. The van der Waals surface area contributed by atoms with E-state index in [9.17, 15) is 9.59 Å². The highest BCUT2D eigenvalue weighted by Crippen LogP contribution is 1.95. The second-order valence-electron chi connectivity index (χ2n) is 2.62. The lowest BCUT2D eigenvalue weighted by molar-refractivity contribution is -0.133. The predicted molar refractivity (Wildman–Crippen MR) is 54.7 cm³/mol. The van der Waals surface area contributed by atoms with Gasteiger partial charge in [0.1, 0.15) is 0 Å². The molecule has 0 aromatic rings. The van der Waals surface area contributed by atoms with E-state index in [1.165, 1.54) is 4.90 Å². The van der Waals surface area contributed by atoms with Crippen LogP contribution < -0.4 is 5.32 Å². The van der Waals surface area contributed by atoms with Crippen molar-refractivity contribution in [2.45, 2.75) is 13.3 Å². The Hall–Kier alpha value is -0.580. The molecule has 0 saturated heterocycles. The predicted octanol–water partition coefficient (Wildman–Crippen LogP) is 0.366. The molecule has 0 atom stereocenters. The summed E-state index contributed by atoms with van der Waals surface area (Å²) in [6.45, 7) is 2.74. The number of halogens is 1. The molecule has 0 heterocycles. The van der Waals surface area contributed by atoms with Gasteiger partial charge in [-0.05, 0) is 6.42 Å². The third-order valence-electron chi connectivity index (χ3n) is 1.57. The van der Waals surface area contributed by atoms with Gasteiger partial charge in [0.15, 0.2) is 0 Å². The zero-order valence-corrected chi connectivity index (χ0v) is 9.56. The minimum Gasteiger partial charge on any atom is -0.358 e. The summed E-state index contributed by atoms with van der Waals surface area (Å²) in [5, 5.41) is 2.75. The molecule has 0 spiro atoms. The van der Waals surface area contributed by atoms with Crippen molar-refractivity contribution in [2.24, 2.45) is 0 Å². The van der Waals surface area contributed by atoms with Crippen molar-refractivity contribution in [2.75, 3.05) is 25.5 Å². The molecule has 0 rings (SSSR count). The van der Waals surface area contributed by atoms with E-state index in [1.54, 1.807) is 7.05 Å². The van der Waals surface area contributed by atoms with Crippen LogP contribution in [0.5, 0.6) is 0 Å². The average molecular weight is 251 g/mol. The van der Waals surface area contributed by atoms with Gasteiger partial charge in [0.05, 0.1) is 11.9 Å². The minimum atomic E-state index is -0.136. The van der Waals surface area contributed by atoms with Crippen LogP contribution in [0.15, 0.2) is 0 Å². The van der Waals surface area contributed by atoms with Gasteiger partial charge in [-0.15, -0.1) is 0 Å². The minimum absolute atomic E-state index is 0.0505. The lowest BCUT2D eigenvalue weighted by Gasteiger charge is -2.19. The molecule has 0 bridgehead atoms. The topological polar surface area (TPSA) is 49.4 Å². The molecule has 4 nitrogen and oxygen atoms in total. The van der Waals surface area contributed by atoms with Gasteiger partial charge < -0.3 is 10.2 Å². The first-order chi connectivity index (χ1) is 6.15. The maximum atomic E-state index is 11.3. The van der Waals surface area contributed by atoms with Crippen LogP contribution in [0.3, 0.4) is 0 Å². The quantitative estimate of drug-likeness (QED) is 0.717. The van der Waals surface area contributed by atoms with Crippen LogP contribution in [0.25, 0.3) is 0 Å². The van der Waals surface area contributed by atoms with Crippen molar-refractivity contribution < 1.29 is 9.59 Å².